The Morgan fingerprint density at radius 2 is 1.54 bits per heavy atom. The molecule has 3 nitrogen and oxygen atoms in total. The van der Waals surface area contributed by atoms with Crippen molar-refractivity contribution in [2.45, 2.75) is 13.8 Å². The van der Waals surface area contributed by atoms with Gasteiger partial charge in [0.25, 0.3) is 0 Å². The van der Waals surface area contributed by atoms with Crippen molar-refractivity contribution >= 4 is 39.1 Å². The molecule has 0 aliphatic rings. The zero-order valence-corrected chi connectivity index (χ0v) is 18.2. The molecule has 0 atom stereocenters. The van der Waals surface area contributed by atoms with Crippen LogP contribution in [0, 0.1) is 13.8 Å². The van der Waals surface area contributed by atoms with Crippen LogP contribution >= 0.6 is 28.3 Å². The number of aryl methyl sites for hydroxylation is 2. The number of hydrogen-bond acceptors (Lipinski definition) is 4. The standard InChI is InChI=1S/C23H20N2OS.BrH/c1-16-8-9-18(14-17(16)2)22-15-27-23(25-22)24-19-10-12-21(13-11-19)26-20-6-4-3-5-7-20;/h3-15H,1-2H3,(H,24,25);1H. The third-order valence-electron chi connectivity index (χ3n) is 4.39. The maximum absolute atomic E-state index is 5.83. The molecule has 1 N–H and O–H groups in total. The summed E-state index contributed by atoms with van der Waals surface area (Å²) in [6.07, 6.45) is 0. The molecule has 28 heavy (non-hydrogen) atoms. The van der Waals surface area contributed by atoms with Crippen molar-refractivity contribution in [3.63, 3.8) is 0 Å². The second-order valence-electron chi connectivity index (χ2n) is 6.40. The number of hydrogen-bond donors (Lipinski definition) is 1. The number of anilines is 2. The Balaban J connectivity index is 0.00000225. The van der Waals surface area contributed by atoms with Crippen LogP contribution in [0.1, 0.15) is 11.1 Å². The molecular formula is C23H21BrN2OS. The Kier molecular flexibility index (Phi) is 6.49. The summed E-state index contributed by atoms with van der Waals surface area (Å²) in [7, 11) is 0. The average molecular weight is 453 g/mol. The van der Waals surface area contributed by atoms with Crippen LogP contribution in [-0.4, -0.2) is 4.98 Å². The molecule has 0 spiro atoms. The van der Waals surface area contributed by atoms with Crippen molar-refractivity contribution in [3.8, 4) is 22.8 Å². The summed E-state index contributed by atoms with van der Waals surface area (Å²) >= 11 is 1.60. The van der Waals surface area contributed by atoms with Gasteiger partial charge in [-0.1, -0.05) is 30.3 Å². The van der Waals surface area contributed by atoms with Crippen LogP contribution in [0.4, 0.5) is 10.8 Å². The number of halogens is 1. The van der Waals surface area contributed by atoms with Crippen LogP contribution in [0.15, 0.2) is 78.2 Å². The lowest BCUT2D eigenvalue weighted by molar-refractivity contribution is 0.483. The minimum atomic E-state index is 0. The smallest absolute Gasteiger partial charge is 0.187 e. The first-order valence-electron chi connectivity index (χ1n) is 8.80. The fourth-order valence-electron chi connectivity index (χ4n) is 2.72. The SMILES string of the molecule is Br.Cc1ccc(-c2csc(Nc3ccc(Oc4ccccc4)cc3)n2)cc1C. The monoisotopic (exact) mass is 452 g/mol. The minimum absolute atomic E-state index is 0. The van der Waals surface area contributed by atoms with Gasteiger partial charge >= 0.3 is 0 Å². The van der Waals surface area contributed by atoms with Gasteiger partial charge in [-0.05, 0) is 67.4 Å². The lowest BCUT2D eigenvalue weighted by Crippen LogP contribution is -1.90. The highest BCUT2D eigenvalue weighted by Crippen LogP contribution is 2.29. The van der Waals surface area contributed by atoms with E-state index in [-0.39, 0.29) is 17.0 Å². The molecule has 0 fully saturated rings. The molecule has 0 unspecified atom stereocenters. The van der Waals surface area contributed by atoms with E-state index in [0.717, 1.165) is 33.6 Å². The van der Waals surface area contributed by atoms with Gasteiger partial charge in [-0.2, -0.15) is 0 Å². The van der Waals surface area contributed by atoms with Crippen molar-refractivity contribution in [1.29, 1.82) is 0 Å². The molecule has 4 rings (SSSR count). The number of thiazole rings is 1. The maximum atomic E-state index is 5.83. The van der Waals surface area contributed by atoms with Gasteiger partial charge < -0.3 is 10.1 Å². The summed E-state index contributed by atoms with van der Waals surface area (Å²) in [5.41, 5.74) is 5.70. The number of para-hydroxylation sites is 1. The van der Waals surface area contributed by atoms with Crippen LogP contribution in [0.3, 0.4) is 0 Å². The van der Waals surface area contributed by atoms with Gasteiger partial charge in [0.05, 0.1) is 5.69 Å². The first kappa shape index (κ1) is 20.1. The maximum Gasteiger partial charge on any atom is 0.187 e. The molecule has 4 aromatic rings. The Labute approximate surface area is 179 Å². The third kappa shape index (κ3) is 4.80. The van der Waals surface area contributed by atoms with Crippen molar-refractivity contribution in [2.75, 3.05) is 5.32 Å². The van der Waals surface area contributed by atoms with Crippen LogP contribution in [0.2, 0.25) is 0 Å². The predicted molar refractivity (Wildman–Crippen MR) is 124 cm³/mol. The number of benzene rings is 3. The summed E-state index contributed by atoms with van der Waals surface area (Å²) in [5.74, 6) is 1.64. The van der Waals surface area contributed by atoms with Crippen molar-refractivity contribution in [3.05, 3.63) is 89.3 Å². The van der Waals surface area contributed by atoms with E-state index in [1.54, 1.807) is 11.3 Å². The quantitative estimate of drug-likeness (QED) is 0.339. The first-order valence-corrected chi connectivity index (χ1v) is 9.68. The first-order chi connectivity index (χ1) is 13.2. The van der Waals surface area contributed by atoms with E-state index in [9.17, 15) is 0 Å². The number of nitrogens with zero attached hydrogens (tertiary/aromatic N) is 1. The molecule has 0 aliphatic carbocycles. The lowest BCUT2D eigenvalue weighted by atomic mass is 10.1. The van der Waals surface area contributed by atoms with Gasteiger partial charge in [-0.15, -0.1) is 28.3 Å². The largest absolute Gasteiger partial charge is 0.457 e. The van der Waals surface area contributed by atoms with E-state index in [1.807, 2.05) is 54.6 Å². The molecule has 5 heteroatoms. The van der Waals surface area contributed by atoms with Gasteiger partial charge in [-0.25, -0.2) is 4.98 Å². The van der Waals surface area contributed by atoms with E-state index >= 15 is 0 Å². The number of ether oxygens (including phenoxy) is 1. The summed E-state index contributed by atoms with van der Waals surface area (Å²) in [6, 6.07) is 24.1. The molecule has 0 saturated carbocycles. The Bertz CT molecular complexity index is 1050. The molecule has 0 aliphatic heterocycles. The van der Waals surface area contributed by atoms with Gasteiger partial charge in [0.1, 0.15) is 11.5 Å². The van der Waals surface area contributed by atoms with Crippen molar-refractivity contribution in [2.24, 2.45) is 0 Å². The molecule has 0 saturated heterocycles. The number of nitrogens with one attached hydrogen (secondary N) is 1. The van der Waals surface area contributed by atoms with Gasteiger partial charge in [0.15, 0.2) is 5.13 Å². The zero-order valence-electron chi connectivity index (χ0n) is 15.7. The van der Waals surface area contributed by atoms with E-state index < -0.39 is 0 Å². The van der Waals surface area contributed by atoms with Crippen LogP contribution < -0.4 is 10.1 Å². The highest BCUT2D eigenvalue weighted by molar-refractivity contribution is 8.93. The van der Waals surface area contributed by atoms with Crippen molar-refractivity contribution in [1.82, 2.24) is 4.98 Å². The predicted octanol–water partition coefficient (Wildman–Crippen LogP) is 7.54. The Hall–Kier alpha value is -2.63. The molecule has 142 valence electrons. The Morgan fingerprint density at radius 1 is 0.821 bits per heavy atom. The van der Waals surface area contributed by atoms with E-state index in [4.69, 9.17) is 9.72 Å². The molecule has 1 heterocycles. The second kappa shape index (κ2) is 9.04. The highest BCUT2D eigenvalue weighted by atomic mass is 79.9. The molecule has 1 aromatic heterocycles. The fraction of sp³-hybridized carbons (Fsp3) is 0.0870. The molecular weight excluding hydrogens is 432 g/mol. The molecule has 0 amide bonds. The van der Waals surface area contributed by atoms with Gasteiger partial charge in [0.2, 0.25) is 0 Å². The third-order valence-corrected chi connectivity index (χ3v) is 5.15. The number of aromatic nitrogens is 1. The minimum Gasteiger partial charge on any atom is -0.457 e. The van der Waals surface area contributed by atoms with Gasteiger partial charge in [-0.3, -0.25) is 0 Å². The van der Waals surface area contributed by atoms with E-state index in [2.05, 4.69) is 42.7 Å². The summed E-state index contributed by atoms with van der Waals surface area (Å²) < 4.78 is 5.83. The van der Waals surface area contributed by atoms with E-state index in [0.29, 0.717) is 0 Å². The van der Waals surface area contributed by atoms with Crippen LogP contribution in [0.5, 0.6) is 11.5 Å². The average Bonchev–Trinajstić information content (AvgIpc) is 3.15. The topological polar surface area (TPSA) is 34.1 Å². The van der Waals surface area contributed by atoms with E-state index in [1.165, 1.54) is 11.1 Å². The molecule has 3 aromatic carbocycles. The Morgan fingerprint density at radius 3 is 2.25 bits per heavy atom. The normalized spacial score (nSPS) is 10.2. The van der Waals surface area contributed by atoms with Gasteiger partial charge in [0, 0.05) is 16.6 Å². The molecule has 0 bridgehead atoms. The second-order valence-corrected chi connectivity index (χ2v) is 7.26. The summed E-state index contributed by atoms with van der Waals surface area (Å²) in [6.45, 7) is 4.25. The highest BCUT2D eigenvalue weighted by Gasteiger charge is 2.06. The molecule has 0 radical (unpaired) electrons. The zero-order chi connectivity index (χ0) is 18.6. The van der Waals surface area contributed by atoms with Crippen LogP contribution in [0.25, 0.3) is 11.3 Å². The number of rotatable bonds is 5. The fourth-order valence-corrected chi connectivity index (χ4v) is 3.46. The van der Waals surface area contributed by atoms with Crippen LogP contribution in [-0.2, 0) is 0 Å². The van der Waals surface area contributed by atoms with Crippen molar-refractivity contribution < 1.29 is 4.74 Å². The summed E-state index contributed by atoms with van der Waals surface area (Å²) in [4.78, 5) is 4.71. The summed E-state index contributed by atoms with van der Waals surface area (Å²) in [5, 5.41) is 6.32. The lowest BCUT2D eigenvalue weighted by Gasteiger charge is -2.07.